The third-order valence-electron chi connectivity index (χ3n) is 4.07. The summed E-state index contributed by atoms with van der Waals surface area (Å²) in [6.07, 6.45) is 2.46. The fourth-order valence-corrected chi connectivity index (χ4v) is 2.90. The highest BCUT2D eigenvalue weighted by Crippen LogP contribution is 2.21. The molecule has 7 heteroatoms. The Labute approximate surface area is 134 Å². The Morgan fingerprint density at radius 2 is 2.04 bits per heavy atom. The van der Waals surface area contributed by atoms with Crippen LogP contribution in [0.15, 0.2) is 10.6 Å². The number of carbonyl (C=O) groups excluding carboxylic acids is 2. The minimum atomic E-state index is -0.235. The molecule has 2 amide bonds. The predicted molar refractivity (Wildman–Crippen MR) is 84.0 cm³/mol. The zero-order valence-electron chi connectivity index (χ0n) is 13.4. The zero-order chi connectivity index (χ0) is 16.4. The Hall–Kier alpha value is -2.44. The summed E-state index contributed by atoms with van der Waals surface area (Å²) in [5.74, 6) is -0.138. The molecule has 0 unspecified atom stereocenters. The molecule has 23 heavy (non-hydrogen) atoms. The van der Waals surface area contributed by atoms with Gasteiger partial charge < -0.3 is 14.7 Å². The Balaban J connectivity index is 1.66. The lowest BCUT2D eigenvalue weighted by Crippen LogP contribution is -2.32. The van der Waals surface area contributed by atoms with Crippen LogP contribution >= 0.6 is 0 Å². The lowest BCUT2D eigenvalue weighted by molar-refractivity contribution is -0.129. The van der Waals surface area contributed by atoms with Gasteiger partial charge in [0.2, 0.25) is 5.91 Å². The van der Waals surface area contributed by atoms with E-state index in [4.69, 9.17) is 4.52 Å². The average molecular weight is 316 g/mol. The molecule has 0 saturated carbocycles. The minimum absolute atomic E-state index is 0.0972. The monoisotopic (exact) mass is 316 g/mol. The van der Waals surface area contributed by atoms with Gasteiger partial charge in [0.05, 0.1) is 16.6 Å². The number of carbonyl (C=O) groups is 2. The number of fused-ring (bicyclic) bond motifs is 1. The summed E-state index contributed by atoms with van der Waals surface area (Å²) in [5.41, 5.74) is 2.17. The van der Waals surface area contributed by atoms with Crippen molar-refractivity contribution in [3.05, 3.63) is 23.0 Å². The number of hydrogen-bond donors (Lipinski definition) is 1. The zero-order valence-corrected chi connectivity index (χ0v) is 13.4. The van der Waals surface area contributed by atoms with Crippen LogP contribution in [0, 0.1) is 13.8 Å². The number of hydrogen-bond acceptors (Lipinski definition) is 5. The third kappa shape index (κ3) is 3.18. The van der Waals surface area contributed by atoms with Gasteiger partial charge in [0.1, 0.15) is 0 Å². The summed E-state index contributed by atoms with van der Waals surface area (Å²) in [6, 6.07) is 1.71. The molecule has 0 aromatic carbocycles. The van der Waals surface area contributed by atoms with Gasteiger partial charge in [0, 0.05) is 31.7 Å². The minimum Gasteiger partial charge on any atom is -0.351 e. The summed E-state index contributed by atoms with van der Waals surface area (Å²) < 4.78 is 5.13. The molecule has 0 atom stereocenters. The molecule has 3 heterocycles. The Morgan fingerprint density at radius 1 is 1.30 bits per heavy atom. The average Bonchev–Trinajstić information content (AvgIpc) is 3.16. The van der Waals surface area contributed by atoms with Gasteiger partial charge in [-0.2, -0.15) is 0 Å². The largest absolute Gasteiger partial charge is 0.351 e. The summed E-state index contributed by atoms with van der Waals surface area (Å²) in [7, 11) is 0. The summed E-state index contributed by atoms with van der Waals surface area (Å²) >= 11 is 0. The van der Waals surface area contributed by atoms with Crippen LogP contribution in [-0.2, 0) is 4.79 Å². The Bertz CT molecular complexity index is 747. The van der Waals surface area contributed by atoms with Crippen molar-refractivity contribution >= 4 is 22.9 Å². The smallest absolute Gasteiger partial charge is 0.258 e. The topological polar surface area (TPSA) is 88.3 Å². The van der Waals surface area contributed by atoms with Gasteiger partial charge >= 0.3 is 0 Å². The normalized spacial score (nSPS) is 14.4. The molecule has 1 aliphatic heterocycles. The molecule has 1 fully saturated rings. The fraction of sp³-hybridized carbons (Fsp3) is 0.500. The van der Waals surface area contributed by atoms with E-state index in [2.05, 4.69) is 15.5 Å². The quantitative estimate of drug-likeness (QED) is 0.925. The number of aromatic nitrogens is 2. The van der Waals surface area contributed by atoms with Crippen LogP contribution in [0.25, 0.3) is 11.1 Å². The maximum Gasteiger partial charge on any atom is 0.258 e. The van der Waals surface area contributed by atoms with E-state index in [1.165, 1.54) is 0 Å². The highest BCUT2D eigenvalue weighted by atomic mass is 16.5. The van der Waals surface area contributed by atoms with E-state index in [1.807, 2.05) is 4.90 Å². The van der Waals surface area contributed by atoms with Crippen molar-refractivity contribution in [2.45, 2.75) is 33.1 Å². The van der Waals surface area contributed by atoms with Crippen molar-refractivity contribution in [3.8, 4) is 0 Å². The molecular formula is C16H20N4O3. The van der Waals surface area contributed by atoms with Gasteiger partial charge in [-0.3, -0.25) is 9.59 Å². The number of nitrogens with zero attached hydrogens (tertiary/aromatic N) is 3. The van der Waals surface area contributed by atoms with Crippen molar-refractivity contribution in [1.82, 2.24) is 20.4 Å². The van der Waals surface area contributed by atoms with E-state index in [9.17, 15) is 9.59 Å². The Kier molecular flexibility index (Phi) is 4.27. The first-order valence-electron chi connectivity index (χ1n) is 7.86. The van der Waals surface area contributed by atoms with Crippen LogP contribution < -0.4 is 5.32 Å². The molecule has 122 valence electrons. The molecule has 1 saturated heterocycles. The predicted octanol–water partition coefficient (Wildman–Crippen LogP) is 1.58. The highest BCUT2D eigenvalue weighted by Gasteiger charge is 2.20. The van der Waals surface area contributed by atoms with Gasteiger partial charge in [-0.05, 0) is 32.8 Å². The molecular weight excluding hydrogens is 296 g/mol. The van der Waals surface area contributed by atoms with Crippen molar-refractivity contribution < 1.29 is 14.1 Å². The van der Waals surface area contributed by atoms with Crippen LogP contribution in [0.3, 0.4) is 0 Å². The van der Waals surface area contributed by atoms with Gasteiger partial charge in [0.25, 0.3) is 11.6 Å². The summed E-state index contributed by atoms with van der Waals surface area (Å²) in [4.78, 5) is 30.5. The standard InChI is InChI=1S/C16H20N4O3/c1-10-9-12(14-11(2)19-23-16(14)18-10)15(22)17-6-5-13(21)20-7-3-4-8-20/h9H,3-8H2,1-2H3,(H,17,22). The highest BCUT2D eigenvalue weighted by molar-refractivity contribution is 6.06. The van der Waals surface area contributed by atoms with Crippen molar-refractivity contribution in [3.63, 3.8) is 0 Å². The van der Waals surface area contributed by atoms with Crippen LogP contribution in [0.2, 0.25) is 0 Å². The number of aryl methyl sites for hydroxylation is 2. The molecule has 0 spiro atoms. The number of amides is 2. The van der Waals surface area contributed by atoms with E-state index < -0.39 is 0 Å². The maximum absolute atomic E-state index is 12.4. The van der Waals surface area contributed by atoms with E-state index >= 15 is 0 Å². The van der Waals surface area contributed by atoms with E-state index in [-0.39, 0.29) is 11.8 Å². The van der Waals surface area contributed by atoms with E-state index in [0.717, 1.165) is 25.9 Å². The SMILES string of the molecule is Cc1cc(C(=O)NCCC(=O)N2CCCC2)c2c(C)noc2n1. The maximum atomic E-state index is 12.4. The van der Waals surface area contributed by atoms with Crippen molar-refractivity contribution in [1.29, 1.82) is 0 Å². The molecule has 1 aliphatic rings. The summed E-state index contributed by atoms with van der Waals surface area (Å²) in [5, 5.41) is 7.29. The number of likely N-dealkylation sites (tertiary alicyclic amines) is 1. The van der Waals surface area contributed by atoms with Crippen molar-refractivity contribution in [2.75, 3.05) is 19.6 Å². The first-order chi connectivity index (χ1) is 11.1. The van der Waals surface area contributed by atoms with Gasteiger partial charge in [-0.1, -0.05) is 5.16 Å². The molecule has 1 N–H and O–H groups in total. The number of pyridine rings is 1. The number of nitrogens with one attached hydrogen (secondary N) is 1. The van der Waals surface area contributed by atoms with Gasteiger partial charge in [-0.25, -0.2) is 4.98 Å². The van der Waals surface area contributed by atoms with Gasteiger partial charge in [0.15, 0.2) is 0 Å². The molecule has 0 bridgehead atoms. The second-order valence-electron chi connectivity index (χ2n) is 5.85. The van der Waals surface area contributed by atoms with Crippen LogP contribution in [0.4, 0.5) is 0 Å². The second kappa shape index (κ2) is 6.36. The van der Waals surface area contributed by atoms with E-state index in [1.54, 1.807) is 19.9 Å². The van der Waals surface area contributed by atoms with Crippen molar-refractivity contribution in [2.24, 2.45) is 0 Å². The van der Waals surface area contributed by atoms with Gasteiger partial charge in [-0.15, -0.1) is 0 Å². The molecule has 3 rings (SSSR count). The first kappa shape index (κ1) is 15.5. The number of rotatable bonds is 4. The lowest BCUT2D eigenvalue weighted by atomic mass is 10.1. The molecule has 7 nitrogen and oxygen atoms in total. The summed E-state index contributed by atoms with van der Waals surface area (Å²) in [6.45, 7) is 5.55. The first-order valence-corrected chi connectivity index (χ1v) is 7.86. The molecule has 2 aromatic heterocycles. The van der Waals surface area contributed by atoms with E-state index in [0.29, 0.717) is 41.0 Å². The second-order valence-corrected chi connectivity index (χ2v) is 5.85. The van der Waals surface area contributed by atoms with Crippen LogP contribution in [-0.4, -0.2) is 46.5 Å². The molecule has 0 radical (unpaired) electrons. The third-order valence-corrected chi connectivity index (χ3v) is 4.07. The lowest BCUT2D eigenvalue weighted by Gasteiger charge is -2.15. The molecule has 0 aliphatic carbocycles. The Morgan fingerprint density at radius 3 is 2.78 bits per heavy atom. The van der Waals surface area contributed by atoms with Crippen LogP contribution in [0.5, 0.6) is 0 Å². The van der Waals surface area contributed by atoms with Crippen LogP contribution in [0.1, 0.15) is 41.0 Å². The molecule has 2 aromatic rings. The fourth-order valence-electron chi connectivity index (χ4n) is 2.90.